The third-order valence-electron chi connectivity index (χ3n) is 5.89. The molecule has 1 aromatic carbocycles. The lowest BCUT2D eigenvalue weighted by atomic mass is 10.1. The van der Waals surface area contributed by atoms with Crippen molar-refractivity contribution in [3.05, 3.63) is 81.0 Å². The minimum Gasteiger partial charge on any atom is -0.477 e. The summed E-state index contributed by atoms with van der Waals surface area (Å²) in [5.41, 5.74) is 0.127. The fourth-order valence-electron chi connectivity index (χ4n) is 4.27. The summed E-state index contributed by atoms with van der Waals surface area (Å²) in [7, 11) is 0. The number of anilines is 1. The maximum Gasteiger partial charge on any atom is 0.341 e. The molecule has 9 nitrogen and oxygen atoms in total. The minimum absolute atomic E-state index is 0.00513. The molecule has 1 fully saturated rings. The number of hydrogen-bond acceptors (Lipinski definition) is 7. The predicted octanol–water partition coefficient (Wildman–Crippen LogP) is 4.23. The van der Waals surface area contributed by atoms with E-state index in [1.165, 1.54) is 16.8 Å². The number of aromatic carboxylic acids is 1. The van der Waals surface area contributed by atoms with Crippen molar-refractivity contribution < 1.29 is 14.6 Å². The number of carboxylic acids is 1. The number of fused-ring (bicyclic) bond motifs is 1. The van der Waals surface area contributed by atoms with E-state index in [2.05, 4.69) is 19.9 Å². The Hall–Kier alpha value is -3.69. The summed E-state index contributed by atoms with van der Waals surface area (Å²) in [5, 5.41) is 10.5. The van der Waals surface area contributed by atoms with Crippen LogP contribution in [0.3, 0.4) is 0 Å². The van der Waals surface area contributed by atoms with Gasteiger partial charge in [0.2, 0.25) is 17.3 Å². The number of carboxylic acid groups (broad SMARTS) is 1. The Morgan fingerprint density at radius 2 is 1.89 bits per heavy atom. The molecule has 178 valence electrons. The molecule has 3 aromatic heterocycles. The van der Waals surface area contributed by atoms with Crippen LogP contribution in [0, 0.1) is 0 Å². The smallest absolute Gasteiger partial charge is 0.341 e. The second kappa shape index (κ2) is 9.52. The van der Waals surface area contributed by atoms with E-state index < -0.39 is 17.0 Å². The maximum absolute atomic E-state index is 12.9. The Kier molecular flexibility index (Phi) is 6.27. The highest BCUT2D eigenvalue weighted by molar-refractivity contribution is 6.34. The first kappa shape index (κ1) is 23.1. The molecule has 0 aliphatic carbocycles. The van der Waals surface area contributed by atoms with Crippen LogP contribution in [0.5, 0.6) is 5.88 Å². The van der Waals surface area contributed by atoms with Crippen LogP contribution in [0.4, 0.5) is 5.69 Å². The first-order chi connectivity index (χ1) is 16.9. The van der Waals surface area contributed by atoms with Gasteiger partial charge in [0.25, 0.3) is 0 Å². The predicted molar refractivity (Wildman–Crippen MR) is 132 cm³/mol. The lowest BCUT2D eigenvalue weighted by Crippen LogP contribution is -2.34. The molecule has 1 atom stereocenters. The van der Waals surface area contributed by atoms with Gasteiger partial charge in [-0.2, -0.15) is 0 Å². The fourth-order valence-corrected chi connectivity index (χ4v) is 4.71. The quantitative estimate of drug-likeness (QED) is 0.409. The molecular weight excluding hydrogens is 493 g/mol. The molecule has 1 saturated heterocycles. The Morgan fingerprint density at radius 3 is 2.63 bits per heavy atom. The van der Waals surface area contributed by atoms with Gasteiger partial charge < -0.3 is 14.7 Å². The van der Waals surface area contributed by atoms with Gasteiger partial charge in [0.05, 0.1) is 22.3 Å². The fraction of sp³-hybridized carbons (Fsp3) is 0.208. The number of ether oxygens (including phenoxy) is 1. The van der Waals surface area contributed by atoms with Crippen LogP contribution in [0.15, 0.2) is 59.9 Å². The number of halogens is 2. The number of aromatic nitrogens is 4. The Morgan fingerprint density at radius 1 is 1.11 bits per heavy atom. The van der Waals surface area contributed by atoms with E-state index in [1.54, 1.807) is 42.9 Å². The molecule has 35 heavy (non-hydrogen) atoms. The number of carbonyl (C=O) groups is 1. The van der Waals surface area contributed by atoms with Crippen LogP contribution in [-0.4, -0.2) is 49.8 Å². The van der Waals surface area contributed by atoms with Crippen molar-refractivity contribution in [2.24, 2.45) is 0 Å². The minimum atomic E-state index is -1.34. The molecule has 0 bridgehead atoms. The topological polar surface area (TPSA) is 110 Å². The Bertz CT molecular complexity index is 1480. The summed E-state index contributed by atoms with van der Waals surface area (Å²) < 4.78 is 7.38. The highest BCUT2D eigenvalue weighted by Crippen LogP contribution is 2.35. The van der Waals surface area contributed by atoms with E-state index in [4.69, 9.17) is 27.9 Å². The van der Waals surface area contributed by atoms with Crippen molar-refractivity contribution in [1.29, 1.82) is 0 Å². The lowest BCUT2D eigenvalue weighted by Gasteiger charge is -2.28. The van der Waals surface area contributed by atoms with Crippen LogP contribution in [0.25, 0.3) is 16.9 Å². The van der Waals surface area contributed by atoms with Crippen LogP contribution in [-0.2, 0) is 0 Å². The molecule has 4 aromatic rings. The van der Waals surface area contributed by atoms with Gasteiger partial charge in [-0.1, -0.05) is 23.2 Å². The summed E-state index contributed by atoms with van der Waals surface area (Å²) in [6.07, 6.45) is 7.73. The van der Waals surface area contributed by atoms with Crippen molar-refractivity contribution in [3.8, 4) is 11.8 Å². The zero-order chi connectivity index (χ0) is 24.5. The number of pyridine rings is 2. The monoisotopic (exact) mass is 511 g/mol. The zero-order valence-corrected chi connectivity index (χ0v) is 19.8. The van der Waals surface area contributed by atoms with Crippen molar-refractivity contribution in [2.45, 2.75) is 18.9 Å². The van der Waals surface area contributed by atoms with Crippen molar-refractivity contribution in [1.82, 2.24) is 19.5 Å². The Balaban J connectivity index is 1.58. The van der Waals surface area contributed by atoms with E-state index in [1.807, 2.05) is 0 Å². The summed E-state index contributed by atoms with van der Waals surface area (Å²) in [6.45, 7) is 1.08. The van der Waals surface area contributed by atoms with Gasteiger partial charge in [-0.3, -0.25) is 9.36 Å². The molecule has 1 N–H and O–H groups in total. The molecule has 0 radical (unpaired) electrons. The first-order valence-electron chi connectivity index (χ1n) is 10.8. The van der Waals surface area contributed by atoms with E-state index in [0.29, 0.717) is 33.7 Å². The van der Waals surface area contributed by atoms with E-state index >= 15 is 0 Å². The van der Waals surface area contributed by atoms with Crippen LogP contribution in [0.2, 0.25) is 10.0 Å². The summed E-state index contributed by atoms with van der Waals surface area (Å²) in [6, 6.07) is 8.37. The zero-order valence-electron chi connectivity index (χ0n) is 18.3. The molecule has 0 unspecified atom stereocenters. The van der Waals surface area contributed by atoms with Gasteiger partial charge in [0.1, 0.15) is 17.2 Å². The average molecular weight is 512 g/mol. The second-order valence-corrected chi connectivity index (χ2v) is 8.82. The summed E-state index contributed by atoms with van der Waals surface area (Å²) >= 11 is 12.8. The molecule has 0 saturated carbocycles. The molecule has 4 heterocycles. The van der Waals surface area contributed by atoms with Gasteiger partial charge in [0.15, 0.2) is 0 Å². The van der Waals surface area contributed by atoms with E-state index in [9.17, 15) is 14.7 Å². The maximum atomic E-state index is 12.9. The molecule has 1 aliphatic heterocycles. The number of benzene rings is 1. The van der Waals surface area contributed by atoms with Gasteiger partial charge in [-0.05, 0) is 43.2 Å². The first-order valence-corrected chi connectivity index (χ1v) is 11.6. The van der Waals surface area contributed by atoms with E-state index in [-0.39, 0.29) is 17.4 Å². The van der Waals surface area contributed by atoms with Gasteiger partial charge in [-0.15, -0.1) is 0 Å². The third-order valence-corrected chi connectivity index (χ3v) is 6.48. The molecule has 11 heteroatoms. The third kappa shape index (κ3) is 4.40. The molecular formula is C24H19Cl2N5O4. The number of hydrogen-bond donors (Lipinski definition) is 1. The highest BCUT2D eigenvalue weighted by Gasteiger charge is 2.28. The largest absolute Gasteiger partial charge is 0.477 e. The van der Waals surface area contributed by atoms with Gasteiger partial charge >= 0.3 is 5.97 Å². The highest BCUT2D eigenvalue weighted by atomic mass is 35.5. The molecule has 1 aliphatic rings. The SMILES string of the molecule is O=C(O)c1cn(-c2ncccn2)c2cc(N3CCC[C@@H]3COc3ncccc3Cl)c(Cl)cc2c1=O. The Labute approximate surface area is 209 Å². The lowest BCUT2D eigenvalue weighted by molar-refractivity contribution is 0.0695. The second-order valence-electron chi connectivity index (χ2n) is 8.01. The summed E-state index contributed by atoms with van der Waals surface area (Å²) in [5.74, 6) is -0.743. The van der Waals surface area contributed by atoms with Crippen molar-refractivity contribution in [2.75, 3.05) is 18.1 Å². The molecule has 0 amide bonds. The standard InChI is InChI=1S/C24H19Cl2N5O4/c25-17-5-1-6-27-22(17)35-13-14-4-2-9-30(14)20-11-19-15(10-18(20)26)21(32)16(23(33)34)12-31(19)24-28-7-3-8-29-24/h1,3,5-8,10-12,14H,2,4,9,13H2,(H,33,34)/t14-/m1/s1. The van der Waals surface area contributed by atoms with Crippen molar-refractivity contribution >= 4 is 45.8 Å². The number of rotatable bonds is 6. The average Bonchev–Trinajstić information content (AvgIpc) is 3.32. The number of nitrogens with zero attached hydrogens (tertiary/aromatic N) is 5. The molecule has 0 spiro atoms. The van der Waals surface area contributed by atoms with Crippen LogP contribution >= 0.6 is 23.2 Å². The van der Waals surface area contributed by atoms with Crippen LogP contribution in [0.1, 0.15) is 23.2 Å². The van der Waals surface area contributed by atoms with Gasteiger partial charge in [0, 0.05) is 36.7 Å². The summed E-state index contributed by atoms with van der Waals surface area (Å²) in [4.78, 5) is 39.5. The molecule has 5 rings (SSSR count). The normalized spacial score (nSPS) is 15.5. The van der Waals surface area contributed by atoms with E-state index in [0.717, 1.165) is 19.4 Å². The van der Waals surface area contributed by atoms with Crippen LogP contribution < -0.4 is 15.1 Å². The van der Waals surface area contributed by atoms with Crippen molar-refractivity contribution in [3.63, 3.8) is 0 Å². The van der Waals surface area contributed by atoms with Gasteiger partial charge in [-0.25, -0.2) is 19.7 Å².